The fraction of sp³-hybridized carbons (Fsp3) is 0.429. The lowest BCUT2D eigenvalue weighted by Crippen LogP contribution is -2.45. The largest absolute Gasteiger partial charge is 0.320 e. The lowest BCUT2D eigenvalue weighted by atomic mass is 9.99. The Morgan fingerprint density at radius 2 is 2.22 bits per heavy atom. The molecular weight excluding hydrogens is 226 g/mol. The van der Waals surface area contributed by atoms with Crippen LogP contribution in [0.25, 0.3) is 0 Å². The lowest BCUT2D eigenvalue weighted by molar-refractivity contribution is -0.120. The van der Waals surface area contributed by atoms with E-state index in [0.29, 0.717) is 11.3 Å². The second-order valence-corrected chi connectivity index (χ2v) is 4.47. The van der Waals surface area contributed by atoms with Crippen molar-refractivity contribution in [2.45, 2.75) is 26.3 Å². The third-order valence-corrected chi connectivity index (χ3v) is 3.24. The Morgan fingerprint density at radius 1 is 1.56 bits per heavy atom. The van der Waals surface area contributed by atoms with Crippen molar-refractivity contribution in [1.82, 2.24) is 0 Å². The Labute approximate surface area is 108 Å². The molecule has 0 bridgehead atoms. The zero-order chi connectivity index (χ0) is 13.7. The van der Waals surface area contributed by atoms with Crippen LogP contribution in [0.2, 0.25) is 0 Å². The predicted molar refractivity (Wildman–Crippen MR) is 72.0 cm³/mol. The van der Waals surface area contributed by atoms with Gasteiger partial charge in [-0.3, -0.25) is 4.79 Å². The summed E-state index contributed by atoms with van der Waals surface area (Å²) in [4.78, 5) is 13.7. The summed E-state index contributed by atoms with van der Waals surface area (Å²) in [6, 6.07) is 8.48. The van der Waals surface area contributed by atoms with E-state index in [4.69, 9.17) is 11.0 Å². The monoisotopic (exact) mass is 245 g/mol. The van der Waals surface area contributed by atoms with Gasteiger partial charge in [-0.25, -0.2) is 0 Å². The van der Waals surface area contributed by atoms with E-state index in [-0.39, 0.29) is 11.8 Å². The van der Waals surface area contributed by atoms with Crippen LogP contribution in [0.4, 0.5) is 5.69 Å². The molecule has 4 nitrogen and oxygen atoms in total. The third-order valence-electron chi connectivity index (χ3n) is 3.24. The number of amides is 1. The highest BCUT2D eigenvalue weighted by Crippen LogP contribution is 2.17. The Balaban J connectivity index is 2.89. The van der Waals surface area contributed by atoms with E-state index in [1.54, 1.807) is 31.3 Å². The summed E-state index contributed by atoms with van der Waals surface area (Å²) in [5.41, 5.74) is 7.15. The van der Waals surface area contributed by atoms with Crippen molar-refractivity contribution in [1.29, 1.82) is 5.26 Å². The number of anilines is 1. The van der Waals surface area contributed by atoms with Gasteiger partial charge in [0.05, 0.1) is 17.7 Å². The van der Waals surface area contributed by atoms with Gasteiger partial charge in [0.2, 0.25) is 5.91 Å². The minimum atomic E-state index is -0.509. The van der Waals surface area contributed by atoms with E-state index in [1.165, 1.54) is 4.90 Å². The average molecular weight is 245 g/mol. The molecule has 0 aliphatic rings. The quantitative estimate of drug-likeness (QED) is 0.880. The molecule has 0 aromatic heterocycles. The number of carbonyl (C=O) groups excluding carboxylic acids is 1. The van der Waals surface area contributed by atoms with E-state index in [2.05, 4.69) is 6.07 Å². The number of benzene rings is 1. The number of likely N-dealkylation sites (N-methyl/N-ethyl adjacent to an activating group) is 1. The van der Waals surface area contributed by atoms with Crippen molar-refractivity contribution in [2.75, 3.05) is 11.9 Å². The molecule has 0 aliphatic heterocycles. The molecule has 4 heteroatoms. The summed E-state index contributed by atoms with van der Waals surface area (Å²) in [6.07, 6.45) is 0.860. The number of rotatable bonds is 4. The van der Waals surface area contributed by atoms with Crippen LogP contribution in [-0.4, -0.2) is 19.0 Å². The van der Waals surface area contributed by atoms with Crippen LogP contribution in [0.3, 0.4) is 0 Å². The first kappa shape index (κ1) is 14.2. The molecule has 1 unspecified atom stereocenters. The maximum atomic E-state index is 12.2. The first-order valence-electron chi connectivity index (χ1n) is 6.04. The van der Waals surface area contributed by atoms with E-state index in [0.717, 1.165) is 6.42 Å². The second-order valence-electron chi connectivity index (χ2n) is 4.47. The SMILES string of the molecule is CCC(C)[C@H](N)C(=O)N(C)c1cccc(C#N)c1. The van der Waals surface area contributed by atoms with Crippen LogP contribution in [0, 0.1) is 17.2 Å². The summed E-state index contributed by atoms with van der Waals surface area (Å²) in [5, 5.41) is 8.84. The summed E-state index contributed by atoms with van der Waals surface area (Å²) < 4.78 is 0. The molecule has 0 saturated heterocycles. The van der Waals surface area contributed by atoms with E-state index in [9.17, 15) is 4.79 Å². The minimum absolute atomic E-state index is 0.126. The summed E-state index contributed by atoms with van der Waals surface area (Å²) in [6.45, 7) is 3.97. The number of nitrogens with zero attached hydrogens (tertiary/aromatic N) is 2. The van der Waals surface area contributed by atoms with E-state index in [1.807, 2.05) is 13.8 Å². The predicted octanol–water partition coefficient (Wildman–Crippen LogP) is 1.89. The molecule has 0 aliphatic carbocycles. The maximum Gasteiger partial charge on any atom is 0.243 e. The normalized spacial score (nSPS) is 13.5. The van der Waals surface area contributed by atoms with Crippen LogP contribution in [-0.2, 0) is 4.79 Å². The molecule has 18 heavy (non-hydrogen) atoms. The fourth-order valence-electron chi connectivity index (χ4n) is 1.63. The van der Waals surface area contributed by atoms with Crippen molar-refractivity contribution in [2.24, 2.45) is 11.7 Å². The molecule has 2 N–H and O–H groups in total. The number of hydrogen-bond donors (Lipinski definition) is 1. The Hall–Kier alpha value is -1.86. The van der Waals surface area contributed by atoms with Gasteiger partial charge in [0.25, 0.3) is 0 Å². The lowest BCUT2D eigenvalue weighted by Gasteiger charge is -2.24. The molecule has 0 saturated carbocycles. The van der Waals surface area contributed by atoms with Gasteiger partial charge in [-0.15, -0.1) is 0 Å². The maximum absolute atomic E-state index is 12.2. The van der Waals surface area contributed by atoms with E-state index >= 15 is 0 Å². The van der Waals surface area contributed by atoms with Gasteiger partial charge in [-0.2, -0.15) is 5.26 Å². The number of nitriles is 1. The number of carbonyl (C=O) groups is 1. The van der Waals surface area contributed by atoms with Crippen molar-refractivity contribution in [3.63, 3.8) is 0 Å². The second kappa shape index (κ2) is 6.18. The minimum Gasteiger partial charge on any atom is -0.320 e. The Kier molecular flexibility index (Phi) is 4.87. The van der Waals surface area contributed by atoms with Crippen LogP contribution in [0.1, 0.15) is 25.8 Å². The van der Waals surface area contributed by atoms with Gasteiger partial charge in [-0.05, 0) is 24.1 Å². The van der Waals surface area contributed by atoms with Crippen LogP contribution < -0.4 is 10.6 Å². The number of nitrogens with two attached hydrogens (primary N) is 1. The highest BCUT2D eigenvalue weighted by molar-refractivity contribution is 5.96. The molecule has 96 valence electrons. The molecule has 0 fully saturated rings. The highest BCUT2D eigenvalue weighted by Gasteiger charge is 2.23. The average Bonchev–Trinajstić information content (AvgIpc) is 2.43. The van der Waals surface area contributed by atoms with Crippen molar-refractivity contribution < 1.29 is 4.79 Å². The van der Waals surface area contributed by atoms with Gasteiger partial charge >= 0.3 is 0 Å². The Morgan fingerprint density at radius 3 is 2.78 bits per heavy atom. The molecule has 0 heterocycles. The summed E-state index contributed by atoms with van der Waals surface area (Å²) in [7, 11) is 1.68. The first-order valence-corrected chi connectivity index (χ1v) is 6.04. The molecule has 1 amide bonds. The van der Waals surface area contributed by atoms with Gasteiger partial charge in [0, 0.05) is 12.7 Å². The smallest absolute Gasteiger partial charge is 0.243 e. The molecule has 0 radical (unpaired) electrons. The van der Waals surface area contributed by atoms with Crippen LogP contribution >= 0.6 is 0 Å². The Bertz CT molecular complexity index is 464. The van der Waals surface area contributed by atoms with Crippen molar-refractivity contribution >= 4 is 11.6 Å². The summed E-state index contributed by atoms with van der Waals surface area (Å²) in [5.74, 6) is 0.0125. The molecule has 0 spiro atoms. The van der Waals surface area contributed by atoms with Crippen molar-refractivity contribution in [3.8, 4) is 6.07 Å². The van der Waals surface area contributed by atoms with E-state index < -0.39 is 6.04 Å². The molecule has 1 rings (SSSR count). The molecule has 2 atom stereocenters. The standard InChI is InChI=1S/C14H19N3O/c1-4-10(2)13(16)14(18)17(3)12-7-5-6-11(8-12)9-15/h5-8,10,13H,4,16H2,1-3H3/t10?,13-/m0/s1. The van der Waals surface area contributed by atoms with Crippen molar-refractivity contribution in [3.05, 3.63) is 29.8 Å². The van der Waals surface area contributed by atoms with Gasteiger partial charge in [0.1, 0.15) is 0 Å². The third kappa shape index (κ3) is 3.08. The van der Waals surface area contributed by atoms with Crippen LogP contribution in [0.5, 0.6) is 0 Å². The highest BCUT2D eigenvalue weighted by atomic mass is 16.2. The zero-order valence-electron chi connectivity index (χ0n) is 11.1. The van der Waals surface area contributed by atoms with Gasteiger partial charge in [0.15, 0.2) is 0 Å². The molecule has 1 aromatic rings. The molecular formula is C14H19N3O. The first-order chi connectivity index (χ1) is 8.51. The van der Waals surface area contributed by atoms with Crippen LogP contribution in [0.15, 0.2) is 24.3 Å². The topological polar surface area (TPSA) is 70.1 Å². The fourth-order valence-corrected chi connectivity index (χ4v) is 1.63. The number of hydrogen-bond acceptors (Lipinski definition) is 3. The van der Waals surface area contributed by atoms with Gasteiger partial charge < -0.3 is 10.6 Å². The zero-order valence-corrected chi connectivity index (χ0v) is 11.1. The summed E-state index contributed by atoms with van der Waals surface area (Å²) >= 11 is 0. The molecule has 1 aromatic carbocycles. The van der Waals surface area contributed by atoms with Gasteiger partial charge in [-0.1, -0.05) is 26.3 Å².